The number of methoxy groups -OCH3 is 1. The molecule has 0 saturated heterocycles. The fraction of sp³-hybridized carbons (Fsp3) is 0.235. The number of nitrogens with zero attached hydrogens (tertiary/aromatic N) is 4. The topological polar surface area (TPSA) is 76.9 Å². The Kier molecular flexibility index (Phi) is 5.57. The van der Waals surface area contributed by atoms with Crippen molar-refractivity contribution in [2.75, 3.05) is 24.0 Å². The molecule has 0 saturated carbocycles. The Morgan fingerprint density at radius 3 is 2.85 bits per heavy atom. The monoisotopic (exact) mass is 374 g/mol. The largest absolute Gasteiger partial charge is 0.496 e. The van der Waals surface area contributed by atoms with Crippen LogP contribution in [0.15, 0.2) is 41.7 Å². The van der Waals surface area contributed by atoms with Gasteiger partial charge in [-0.25, -0.2) is 9.37 Å². The number of hydrogen-bond acceptors (Lipinski definition) is 7. The van der Waals surface area contributed by atoms with E-state index in [1.54, 1.807) is 43.0 Å². The molecule has 0 atom stereocenters. The molecule has 0 bridgehead atoms. The third kappa shape index (κ3) is 4.23. The summed E-state index contributed by atoms with van der Waals surface area (Å²) in [7, 11) is 3.42. The predicted molar refractivity (Wildman–Crippen MR) is 101 cm³/mol. The third-order valence-electron chi connectivity index (χ3n) is 3.64. The molecule has 0 radical (unpaired) electrons. The molecular formula is C17H19FN6OS. The number of ether oxygens (including phenoxy) is 1. The maximum Gasteiger partial charge on any atom is 0.229 e. The van der Waals surface area contributed by atoms with E-state index in [0.29, 0.717) is 6.54 Å². The van der Waals surface area contributed by atoms with Crippen molar-refractivity contribution < 1.29 is 9.13 Å². The van der Waals surface area contributed by atoms with Crippen LogP contribution >= 0.6 is 11.8 Å². The van der Waals surface area contributed by atoms with Crippen molar-refractivity contribution in [2.24, 2.45) is 7.05 Å². The number of aromatic nitrogens is 4. The van der Waals surface area contributed by atoms with Gasteiger partial charge in [0.2, 0.25) is 5.95 Å². The van der Waals surface area contributed by atoms with Crippen molar-refractivity contribution in [3.8, 4) is 5.75 Å². The van der Waals surface area contributed by atoms with Crippen LogP contribution < -0.4 is 15.4 Å². The van der Waals surface area contributed by atoms with Gasteiger partial charge in [-0.15, -0.1) is 11.8 Å². The quantitative estimate of drug-likeness (QED) is 0.614. The first-order valence-corrected chi connectivity index (χ1v) is 9.04. The predicted octanol–water partition coefficient (Wildman–Crippen LogP) is 3.44. The molecule has 2 N–H and O–H groups in total. The molecule has 0 fully saturated rings. The molecule has 0 aliphatic carbocycles. The zero-order chi connectivity index (χ0) is 18.5. The van der Waals surface area contributed by atoms with Crippen LogP contribution in [-0.4, -0.2) is 33.1 Å². The molecule has 2 aromatic heterocycles. The molecule has 3 aromatic rings. The first-order valence-electron chi connectivity index (χ1n) is 7.82. The van der Waals surface area contributed by atoms with E-state index in [4.69, 9.17) is 4.74 Å². The first-order chi connectivity index (χ1) is 12.6. The lowest BCUT2D eigenvalue weighted by Crippen LogP contribution is -2.07. The summed E-state index contributed by atoms with van der Waals surface area (Å²) in [5, 5.41) is 10.1. The molecule has 7 nitrogen and oxygen atoms in total. The Labute approximate surface area is 155 Å². The number of anilines is 3. The summed E-state index contributed by atoms with van der Waals surface area (Å²) in [5.74, 6) is 0.606. The molecule has 1 aromatic carbocycles. The van der Waals surface area contributed by atoms with Crippen LogP contribution in [0.3, 0.4) is 0 Å². The molecule has 0 aliphatic rings. The standard InChI is InChI=1S/C17H19FN6OS/c1-24-10-12(8-21-24)22-17-20-9-14(18)16(23-17)19-7-11-6-13(26-3)4-5-15(11)25-2/h4-6,8-10H,7H2,1-3H3,(H2,19,20,22,23). The molecule has 0 spiro atoms. The minimum atomic E-state index is -0.526. The normalized spacial score (nSPS) is 10.6. The lowest BCUT2D eigenvalue weighted by molar-refractivity contribution is 0.410. The average molecular weight is 374 g/mol. The SMILES string of the molecule is COc1ccc(SC)cc1CNc1nc(Nc2cnn(C)c2)ncc1F. The van der Waals surface area contributed by atoms with Crippen LogP contribution in [0.2, 0.25) is 0 Å². The highest BCUT2D eigenvalue weighted by Crippen LogP contribution is 2.26. The highest BCUT2D eigenvalue weighted by Gasteiger charge is 2.10. The van der Waals surface area contributed by atoms with Gasteiger partial charge in [0.25, 0.3) is 0 Å². The van der Waals surface area contributed by atoms with Gasteiger partial charge in [0, 0.05) is 30.2 Å². The van der Waals surface area contributed by atoms with E-state index in [1.807, 2.05) is 24.5 Å². The minimum Gasteiger partial charge on any atom is -0.496 e. The summed E-state index contributed by atoms with van der Waals surface area (Å²) in [4.78, 5) is 9.26. The summed E-state index contributed by atoms with van der Waals surface area (Å²) in [6.07, 6.45) is 6.54. The zero-order valence-corrected chi connectivity index (χ0v) is 15.5. The van der Waals surface area contributed by atoms with Crippen LogP contribution in [0.4, 0.5) is 21.8 Å². The van der Waals surface area contributed by atoms with Gasteiger partial charge in [0.05, 0.1) is 25.2 Å². The highest BCUT2D eigenvalue weighted by molar-refractivity contribution is 7.98. The molecule has 26 heavy (non-hydrogen) atoms. The highest BCUT2D eigenvalue weighted by atomic mass is 32.2. The van der Waals surface area contributed by atoms with Crippen molar-refractivity contribution >= 4 is 29.2 Å². The fourth-order valence-electron chi connectivity index (χ4n) is 2.37. The van der Waals surface area contributed by atoms with E-state index in [-0.39, 0.29) is 11.8 Å². The number of thioether (sulfide) groups is 1. The van der Waals surface area contributed by atoms with Gasteiger partial charge in [-0.2, -0.15) is 10.1 Å². The molecule has 9 heteroatoms. The second kappa shape index (κ2) is 8.05. The van der Waals surface area contributed by atoms with Gasteiger partial charge in [-0.3, -0.25) is 4.68 Å². The van der Waals surface area contributed by atoms with E-state index in [0.717, 1.165) is 28.1 Å². The van der Waals surface area contributed by atoms with Crippen molar-refractivity contribution in [1.82, 2.24) is 19.7 Å². The fourth-order valence-corrected chi connectivity index (χ4v) is 2.83. The summed E-state index contributed by atoms with van der Waals surface area (Å²) < 4.78 is 21.1. The lowest BCUT2D eigenvalue weighted by atomic mass is 10.2. The molecule has 2 heterocycles. The maximum absolute atomic E-state index is 14.1. The van der Waals surface area contributed by atoms with Crippen LogP contribution in [0.5, 0.6) is 5.75 Å². The van der Waals surface area contributed by atoms with Gasteiger partial charge in [-0.05, 0) is 24.5 Å². The van der Waals surface area contributed by atoms with Crippen molar-refractivity contribution in [3.05, 3.63) is 48.2 Å². The number of aryl methyl sites for hydroxylation is 1. The molecule has 0 amide bonds. The molecular weight excluding hydrogens is 355 g/mol. The first kappa shape index (κ1) is 18.0. The summed E-state index contributed by atoms with van der Waals surface area (Å²) >= 11 is 1.63. The van der Waals surface area contributed by atoms with Gasteiger partial charge < -0.3 is 15.4 Å². The van der Waals surface area contributed by atoms with Crippen LogP contribution in [0.1, 0.15) is 5.56 Å². The lowest BCUT2D eigenvalue weighted by Gasteiger charge is -2.12. The molecule has 0 unspecified atom stereocenters. The van der Waals surface area contributed by atoms with Crippen molar-refractivity contribution in [3.63, 3.8) is 0 Å². The molecule has 136 valence electrons. The van der Waals surface area contributed by atoms with Crippen LogP contribution in [0, 0.1) is 5.82 Å². The second-order valence-corrected chi connectivity index (χ2v) is 6.33. The van der Waals surface area contributed by atoms with Gasteiger partial charge in [0.15, 0.2) is 11.6 Å². The molecule has 0 aliphatic heterocycles. The summed E-state index contributed by atoms with van der Waals surface area (Å²) in [6, 6.07) is 5.88. The number of benzene rings is 1. The average Bonchev–Trinajstić information content (AvgIpc) is 3.06. The van der Waals surface area contributed by atoms with E-state index < -0.39 is 5.82 Å². The Morgan fingerprint density at radius 2 is 2.15 bits per heavy atom. The van der Waals surface area contributed by atoms with E-state index in [1.165, 1.54) is 0 Å². The van der Waals surface area contributed by atoms with E-state index in [2.05, 4.69) is 25.7 Å². The van der Waals surface area contributed by atoms with E-state index in [9.17, 15) is 4.39 Å². The Morgan fingerprint density at radius 1 is 1.31 bits per heavy atom. The Bertz CT molecular complexity index is 901. The summed E-state index contributed by atoms with van der Waals surface area (Å²) in [6.45, 7) is 0.373. The van der Waals surface area contributed by atoms with Crippen molar-refractivity contribution in [2.45, 2.75) is 11.4 Å². The second-order valence-electron chi connectivity index (χ2n) is 5.45. The number of nitrogens with one attached hydrogen (secondary N) is 2. The zero-order valence-electron chi connectivity index (χ0n) is 14.7. The summed E-state index contributed by atoms with van der Waals surface area (Å²) in [5.41, 5.74) is 1.64. The number of hydrogen-bond donors (Lipinski definition) is 2. The Balaban J connectivity index is 1.76. The van der Waals surface area contributed by atoms with Crippen molar-refractivity contribution in [1.29, 1.82) is 0 Å². The van der Waals surface area contributed by atoms with Gasteiger partial charge >= 0.3 is 0 Å². The van der Waals surface area contributed by atoms with E-state index >= 15 is 0 Å². The van der Waals surface area contributed by atoms with Gasteiger partial charge in [0.1, 0.15) is 5.75 Å². The number of rotatable bonds is 7. The Hall–Kier alpha value is -2.81. The smallest absolute Gasteiger partial charge is 0.229 e. The van der Waals surface area contributed by atoms with Crippen LogP contribution in [0.25, 0.3) is 0 Å². The van der Waals surface area contributed by atoms with Gasteiger partial charge in [-0.1, -0.05) is 0 Å². The number of halogens is 1. The van der Waals surface area contributed by atoms with Crippen LogP contribution in [-0.2, 0) is 13.6 Å². The maximum atomic E-state index is 14.1. The third-order valence-corrected chi connectivity index (χ3v) is 4.36. The molecule has 3 rings (SSSR count). The minimum absolute atomic E-state index is 0.114.